The van der Waals surface area contributed by atoms with Crippen molar-refractivity contribution < 1.29 is 4.79 Å². The summed E-state index contributed by atoms with van der Waals surface area (Å²) < 4.78 is 0. The van der Waals surface area contributed by atoms with E-state index < -0.39 is 0 Å². The molecule has 4 nitrogen and oxygen atoms in total. The molecule has 4 rings (SSSR count). The summed E-state index contributed by atoms with van der Waals surface area (Å²) >= 11 is 12.5. The number of H-pyrrole nitrogens is 1. The lowest BCUT2D eigenvalue weighted by Gasteiger charge is -2.19. The number of halogens is 2. The maximum Gasteiger partial charge on any atom is 0.220 e. The number of hydrogen-bond acceptors (Lipinski definition) is 2. The Morgan fingerprint density at radius 3 is 2.69 bits per heavy atom. The molecular formula is C23H25Cl2N3O. The van der Waals surface area contributed by atoms with Crippen molar-refractivity contribution in [2.24, 2.45) is 0 Å². The number of aromatic nitrogens is 1. The van der Waals surface area contributed by atoms with Crippen molar-refractivity contribution in [2.45, 2.75) is 25.2 Å². The van der Waals surface area contributed by atoms with Crippen LogP contribution in [-0.4, -0.2) is 42.0 Å². The zero-order chi connectivity index (χ0) is 20.2. The zero-order valence-corrected chi connectivity index (χ0v) is 17.8. The Kier molecular flexibility index (Phi) is 6.43. The first kappa shape index (κ1) is 20.3. The van der Waals surface area contributed by atoms with E-state index in [9.17, 15) is 4.79 Å². The molecule has 1 aromatic heterocycles. The Labute approximate surface area is 181 Å². The minimum absolute atomic E-state index is 0.0468. The Morgan fingerprint density at radius 2 is 1.90 bits per heavy atom. The van der Waals surface area contributed by atoms with Crippen LogP contribution in [0.15, 0.2) is 48.7 Å². The van der Waals surface area contributed by atoms with Crippen LogP contribution in [0.1, 0.15) is 36.3 Å². The number of aromatic amines is 1. The van der Waals surface area contributed by atoms with Crippen LogP contribution in [0.25, 0.3) is 10.9 Å². The van der Waals surface area contributed by atoms with Gasteiger partial charge in [-0.2, -0.15) is 0 Å². The summed E-state index contributed by atoms with van der Waals surface area (Å²) in [5.41, 5.74) is 3.08. The smallest absolute Gasteiger partial charge is 0.220 e. The number of fused-ring (bicyclic) bond motifs is 1. The predicted octanol–water partition coefficient (Wildman–Crippen LogP) is 5.21. The van der Waals surface area contributed by atoms with Gasteiger partial charge < -0.3 is 15.2 Å². The Bertz CT molecular complexity index is 995. The van der Waals surface area contributed by atoms with Crippen molar-refractivity contribution >= 4 is 40.0 Å². The highest BCUT2D eigenvalue weighted by atomic mass is 35.5. The molecule has 29 heavy (non-hydrogen) atoms. The lowest BCUT2D eigenvalue weighted by Crippen LogP contribution is -2.34. The number of benzene rings is 2. The van der Waals surface area contributed by atoms with Crippen LogP contribution in [0.3, 0.4) is 0 Å². The quantitative estimate of drug-likeness (QED) is 0.541. The van der Waals surface area contributed by atoms with Crippen molar-refractivity contribution in [1.82, 2.24) is 15.2 Å². The third kappa shape index (κ3) is 4.95. The molecule has 0 unspecified atom stereocenters. The van der Waals surface area contributed by atoms with E-state index in [-0.39, 0.29) is 11.8 Å². The molecule has 152 valence electrons. The molecule has 1 fully saturated rings. The standard InChI is InChI=1S/C23H25Cl2N3O/c24-17-5-3-4-16(12-17)19(14-23(29)26-8-11-28-9-1-2-10-28)21-15-27-22-7-6-18(25)13-20(21)22/h3-7,12-13,15,19,27H,1-2,8-11,14H2,(H,26,29)/t19-/m0/s1. The molecule has 2 aromatic carbocycles. The molecular weight excluding hydrogens is 405 g/mol. The summed E-state index contributed by atoms with van der Waals surface area (Å²) in [7, 11) is 0. The number of rotatable bonds is 7. The molecule has 1 saturated heterocycles. The molecule has 1 aliphatic heterocycles. The Hall–Kier alpha value is -2.01. The number of nitrogens with zero attached hydrogens (tertiary/aromatic N) is 1. The summed E-state index contributed by atoms with van der Waals surface area (Å²) in [5, 5.41) is 5.48. The van der Waals surface area contributed by atoms with Gasteiger partial charge in [0, 0.05) is 52.6 Å². The van der Waals surface area contributed by atoms with Crippen molar-refractivity contribution in [2.75, 3.05) is 26.2 Å². The van der Waals surface area contributed by atoms with Crippen molar-refractivity contribution in [1.29, 1.82) is 0 Å². The number of carbonyl (C=O) groups is 1. The van der Waals surface area contributed by atoms with Crippen LogP contribution in [-0.2, 0) is 4.79 Å². The Morgan fingerprint density at radius 1 is 1.10 bits per heavy atom. The van der Waals surface area contributed by atoms with Gasteiger partial charge in [0.25, 0.3) is 0 Å². The van der Waals surface area contributed by atoms with Crippen molar-refractivity contribution in [3.63, 3.8) is 0 Å². The molecule has 0 aliphatic carbocycles. The fourth-order valence-electron chi connectivity index (χ4n) is 4.15. The van der Waals surface area contributed by atoms with Crippen LogP contribution in [0, 0.1) is 0 Å². The highest BCUT2D eigenvalue weighted by molar-refractivity contribution is 6.31. The fraction of sp³-hybridized carbons (Fsp3) is 0.348. The van der Waals surface area contributed by atoms with E-state index in [4.69, 9.17) is 23.2 Å². The van der Waals surface area contributed by atoms with Crippen molar-refractivity contribution in [3.8, 4) is 0 Å². The number of nitrogens with one attached hydrogen (secondary N) is 2. The SMILES string of the molecule is O=C(C[C@@H](c1cccc(Cl)c1)c1c[nH]c2ccc(Cl)cc12)NCCN1CCCC1. The second kappa shape index (κ2) is 9.21. The third-order valence-corrected chi connectivity index (χ3v) is 6.11. The highest BCUT2D eigenvalue weighted by Gasteiger charge is 2.22. The second-order valence-electron chi connectivity index (χ2n) is 7.64. The van der Waals surface area contributed by atoms with Crippen LogP contribution in [0.4, 0.5) is 0 Å². The van der Waals surface area contributed by atoms with E-state index in [0.717, 1.165) is 41.7 Å². The van der Waals surface area contributed by atoms with Gasteiger partial charge in [-0.25, -0.2) is 0 Å². The molecule has 1 aliphatic rings. The minimum Gasteiger partial charge on any atom is -0.361 e. The summed E-state index contributed by atoms with van der Waals surface area (Å²) in [4.78, 5) is 18.5. The van der Waals surface area contributed by atoms with E-state index >= 15 is 0 Å². The van der Waals surface area contributed by atoms with Gasteiger partial charge in [-0.05, 0) is 67.4 Å². The van der Waals surface area contributed by atoms with E-state index in [1.807, 2.05) is 48.7 Å². The maximum absolute atomic E-state index is 12.8. The molecule has 6 heteroatoms. The first-order valence-corrected chi connectivity index (χ1v) is 10.9. The lowest BCUT2D eigenvalue weighted by atomic mass is 9.88. The van der Waals surface area contributed by atoms with Crippen molar-refractivity contribution in [3.05, 3.63) is 69.8 Å². The molecule has 1 atom stereocenters. The van der Waals surface area contributed by atoms with E-state index in [0.29, 0.717) is 23.0 Å². The number of amides is 1. The molecule has 0 bridgehead atoms. The van der Waals surface area contributed by atoms with E-state index in [2.05, 4.69) is 15.2 Å². The van der Waals surface area contributed by atoms with Gasteiger partial charge in [-0.1, -0.05) is 35.3 Å². The summed E-state index contributed by atoms with van der Waals surface area (Å²) in [6, 6.07) is 13.5. The van der Waals surface area contributed by atoms with E-state index in [1.54, 1.807) is 0 Å². The van der Waals surface area contributed by atoms with Crippen LogP contribution < -0.4 is 5.32 Å². The average molecular weight is 430 g/mol. The normalized spacial score (nSPS) is 15.7. The number of carbonyl (C=O) groups excluding carboxylic acids is 1. The highest BCUT2D eigenvalue weighted by Crippen LogP contribution is 2.35. The molecule has 3 aromatic rings. The second-order valence-corrected chi connectivity index (χ2v) is 8.52. The number of likely N-dealkylation sites (tertiary alicyclic amines) is 1. The van der Waals surface area contributed by atoms with Gasteiger partial charge in [-0.15, -0.1) is 0 Å². The Balaban J connectivity index is 1.55. The first-order chi connectivity index (χ1) is 14.1. The topological polar surface area (TPSA) is 48.1 Å². The average Bonchev–Trinajstić information content (AvgIpc) is 3.36. The predicted molar refractivity (Wildman–Crippen MR) is 120 cm³/mol. The maximum atomic E-state index is 12.8. The van der Waals surface area contributed by atoms with Crippen LogP contribution >= 0.6 is 23.2 Å². The minimum atomic E-state index is -0.104. The van der Waals surface area contributed by atoms with E-state index in [1.165, 1.54) is 12.8 Å². The lowest BCUT2D eigenvalue weighted by molar-refractivity contribution is -0.121. The van der Waals surface area contributed by atoms with Gasteiger partial charge in [0.05, 0.1) is 0 Å². The fourth-order valence-corrected chi connectivity index (χ4v) is 4.52. The summed E-state index contributed by atoms with van der Waals surface area (Å²) in [5.74, 6) is -0.0572. The number of hydrogen-bond donors (Lipinski definition) is 2. The monoisotopic (exact) mass is 429 g/mol. The summed E-state index contributed by atoms with van der Waals surface area (Å²) in [6.07, 6.45) is 4.85. The van der Waals surface area contributed by atoms with Crippen LogP contribution in [0.2, 0.25) is 10.0 Å². The molecule has 0 radical (unpaired) electrons. The van der Waals surface area contributed by atoms with Gasteiger partial charge in [0.2, 0.25) is 5.91 Å². The molecule has 1 amide bonds. The van der Waals surface area contributed by atoms with Gasteiger partial charge in [-0.3, -0.25) is 4.79 Å². The molecule has 0 spiro atoms. The van der Waals surface area contributed by atoms with Gasteiger partial charge in [0.15, 0.2) is 0 Å². The first-order valence-electron chi connectivity index (χ1n) is 10.1. The van der Waals surface area contributed by atoms with Crippen LogP contribution in [0.5, 0.6) is 0 Å². The largest absolute Gasteiger partial charge is 0.361 e. The summed E-state index contributed by atoms with van der Waals surface area (Å²) in [6.45, 7) is 3.87. The molecule has 2 N–H and O–H groups in total. The molecule has 2 heterocycles. The third-order valence-electron chi connectivity index (χ3n) is 5.64. The van der Waals surface area contributed by atoms with Gasteiger partial charge in [0.1, 0.15) is 0 Å². The zero-order valence-electron chi connectivity index (χ0n) is 16.3. The molecule has 0 saturated carbocycles. The van der Waals surface area contributed by atoms with Gasteiger partial charge >= 0.3 is 0 Å².